The Morgan fingerprint density at radius 3 is 2.62 bits per heavy atom. The number of hydrogen-bond donors (Lipinski definition) is 2. The van der Waals surface area contributed by atoms with Gasteiger partial charge < -0.3 is 11.5 Å². The summed E-state index contributed by atoms with van der Waals surface area (Å²) in [6, 6.07) is 1.13. The van der Waals surface area contributed by atoms with Crippen LogP contribution in [0.15, 0.2) is 10.5 Å². The number of pyridine rings is 1. The fourth-order valence-electron chi connectivity index (χ4n) is 0.921. The summed E-state index contributed by atoms with van der Waals surface area (Å²) in [6.45, 7) is 0.0747. The van der Waals surface area contributed by atoms with Crippen LogP contribution in [-0.4, -0.2) is 4.98 Å². The largest absolute Gasteiger partial charge is 0.384 e. The van der Waals surface area contributed by atoms with E-state index in [1.54, 1.807) is 0 Å². The Morgan fingerprint density at radius 2 is 2.15 bits per heavy atom. The van der Waals surface area contributed by atoms with Crippen LogP contribution in [0.3, 0.4) is 0 Å². The van der Waals surface area contributed by atoms with Gasteiger partial charge in [0.1, 0.15) is 5.82 Å². The molecule has 0 unspecified atom stereocenters. The van der Waals surface area contributed by atoms with Crippen LogP contribution in [-0.2, 0) is 6.54 Å². The van der Waals surface area contributed by atoms with Crippen molar-refractivity contribution in [2.75, 3.05) is 5.73 Å². The summed E-state index contributed by atoms with van der Waals surface area (Å²) in [5, 5.41) is 0. The molecule has 0 bridgehead atoms. The Morgan fingerprint density at radius 1 is 1.54 bits per heavy atom. The third kappa shape index (κ3) is 2.13. The van der Waals surface area contributed by atoms with Gasteiger partial charge in [0, 0.05) is 16.6 Å². The fourth-order valence-corrected chi connectivity index (χ4v) is 1.46. The smallest absolute Gasteiger partial charge is 0.265 e. The van der Waals surface area contributed by atoms with Crippen molar-refractivity contribution in [3.8, 4) is 0 Å². The normalized spacial score (nSPS) is 10.8. The van der Waals surface area contributed by atoms with Crippen LogP contribution in [0.5, 0.6) is 0 Å². The van der Waals surface area contributed by atoms with Gasteiger partial charge in [-0.1, -0.05) is 0 Å². The van der Waals surface area contributed by atoms with Crippen LogP contribution in [0.25, 0.3) is 0 Å². The second kappa shape index (κ2) is 3.97. The molecule has 6 heteroatoms. The minimum atomic E-state index is -2.58. The average molecular weight is 252 g/mol. The molecule has 0 saturated carbocycles. The van der Waals surface area contributed by atoms with Crippen molar-refractivity contribution in [1.29, 1.82) is 0 Å². The van der Waals surface area contributed by atoms with Gasteiger partial charge in [-0.2, -0.15) is 0 Å². The lowest BCUT2D eigenvalue weighted by molar-refractivity contribution is 0.150. The van der Waals surface area contributed by atoms with E-state index in [0.717, 1.165) is 6.07 Å². The molecule has 1 aromatic heterocycles. The van der Waals surface area contributed by atoms with E-state index < -0.39 is 6.43 Å². The predicted molar refractivity (Wildman–Crippen MR) is 49.2 cm³/mol. The lowest BCUT2D eigenvalue weighted by Gasteiger charge is -2.08. The molecule has 0 saturated heterocycles. The zero-order valence-corrected chi connectivity index (χ0v) is 8.18. The number of rotatable bonds is 2. The van der Waals surface area contributed by atoms with E-state index in [-0.39, 0.29) is 22.4 Å². The van der Waals surface area contributed by atoms with Crippen molar-refractivity contribution in [2.45, 2.75) is 13.0 Å². The highest BCUT2D eigenvalue weighted by molar-refractivity contribution is 9.10. The van der Waals surface area contributed by atoms with Crippen LogP contribution < -0.4 is 11.5 Å². The third-order valence-corrected chi connectivity index (χ3v) is 2.42. The first-order valence-electron chi connectivity index (χ1n) is 3.49. The standard InChI is InChI=1S/C7H8BrF2N3/c8-6-3(7(9)10)1-5(12)13-4(6)2-11/h1,7H,2,11H2,(H2,12,13). The first kappa shape index (κ1) is 10.3. The highest BCUT2D eigenvalue weighted by Gasteiger charge is 2.15. The summed E-state index contributed by atoms with van der Waals surface area (Å²) >= 11 is 3.00. The maximum Gasteiger partial charge on any atom is 0.265 e. The number of anilines is 1. The molecule has 0 aliphatic carbocycles. The molecule has 3 nitrogen and oxygen atoms in total. The summed E-state index contributed by atoms with van der Waals surface area (Å²) in [4.78, 5) is 3.81. The molecule has 1 aromatic rings. The third-order valence-electron chi connectivity index (χ3n) is 1.50. The predicted octanol–water partition coefficient (Wildman–Crippen LogP) is 1.82. The molecule has 0 aliphatic heterocycles. The van der Waals surface area contributed by atoms with Gasteiger partial charge >= 0.3 is 0 Å². The number of nitrogens with two attached hydrogens (primary N) is 2. The van der Waals surface area contributed by atoms with Gasteiger partial charge in [0.2, 0.25) is 0 Å². The first-order chi connectivity index (χ1) is 6.06. The van der Waals surface area contributed by atoms with E-state index in [0.29, 0.717) is 5.69 Å². The van der Waals surface area contributed by atoms with Crippen LogP contribution in [0.2, 0.25) is 0 Å². The van der Waals surface area contributed by atoms with Gasteiger partial charge in [-0.25, -0.2) is 13.8 Å². The average Bonchev–Trinajstić information content (AvgIpc) is 2.08. The zero-order valence-electron chi connectivity index (χ0n) is 6.60. The Hall–Kier alpha value is -0.750. The number of hydrogen-bond acceptors (Lipinski definition) is 3. The van der Waals surface area contributed by atoms with Gasteiger partial charge in [0.15, 0.2) is 0 Å². The maximum atomic E-state index is 12.4. The molecule has 0 aliphatic rings. The second-order valence-corrected chi connectivity index (χ2v) is 3.19. The van der Waals surface area contributed by atoms with Crippen LogP contribution in [0.1, 0.15) is 17.7 Å². The fraction of sp³-hybridized carbons (Fsp3) is 0.286. The molecule has 1 rings (SSSR count). The second-order valence-electron chi connectivity index (χ2n) is 2.40. The van der Waals surface area contributed by atoms with Crippen LogP contribution in [0.4, 0.5) is 14.6 Å². The van der Waals surface area contributed by atoms with E-state index in [9.17, 15) is 8.78 Å². The number of nitrogen functional groups attached to an aromatic ring is 1. The van der Waals surface area contributed by atoms with Crippen molar-refractivity contribution >= 4 is 21.7 Å². The SMILES string of the molecule is NCc1nc(N)cc(C(F)F)c1Br. The molecule has 0 aromatic carbocycles. The minimum Gasteiger partial charge on any atom is -0.384 e. The lowest BCUT2D eigenvalue weighted by atomic mass is 10.2. The van der Waals surface area contributed by atoms with Crippen LogP contribution >= 0.6 is 15.9 Å². The van der Waals surface area contributed by atoms with E-state index in [2.05, 4.69) is 20.9 Å². The Labute approximate surface area is 82.3 Å². The van der Waals surface area contributed by atoms with Crippen molar-refractivity contribution in [3.05, 3.63) is 21.8 Å². The van der Waals surface area contributed by atoms with Crippen molar-refractivity contribution in [3.63, 3.8) is 0 Å². The zero-order chi connectivity index (χ0) is 10.0. The molecular formula is C7H8BrF2N3. The van der Waals surface area contributed by atoms with E-state index in [1.807, 2.05) is 0 Å². The highest BCUT2D eigenvalue weighted by atomic mass is 79.9. The molecule has 0 atom stereocenters. The van der Waals surface area contributed by atoms with Gasteiger partial charge in [-0.05, 0) is 22.0 Å². The minimum absolute atomic E-state index is 0.0546. The topological polar surface area (TPSA) is 64.9 Å². The Balaban J connectivity index is 3.27. The number of nitrogens with zero attached hydrogens (tertiary/aromatic N) is 1. The Bertz CT molecular complexity index is 317. The van der Waals surface area contributed by atoms with Gasteiger partial charge in [-0.15, -0.1) is 0 Å². The van der Waals surface area contributed by atoms with Gasteiger partial charge in [-0.3, -0.25) is 0 Å². The molecule has 0 spiro atoms. The summed E-state index contributed by atoms with van der Waals surface area (Å²) < 4.78 is 25.0. The summed E-state index contributed by atoms with van der Waals surface area (Å²) in [7, 11) is 0. The lowest BCUT2D eigenvalue weighted by Crippen LogP contribution is -2.06. The number of halogens is 3. The van der Waals surface area contributed by atoms with Crippen molar-refractivity contribution in [1.82, 2.24) is 4.98 Å². The van der Waals surface area contributed by atoms with E-state index in [1.165, 1.54) is 0 Å². The monoisotopic (exact) mass is 251 g/mol. The van der Waals surface area contributed by atoms with Gasteiger partial charge in [0.25, 0.3) is 6.43 Å². The van der Waals surface area contributed by atoms with Crippen LogP contribution in [0, 0.1) is 0 Å². The number of aromatic nitrogens is 1. The van der Waals surface area contributed by atoms with Gasteiger partial charge in [0.05, 0.1) is 5.69 Å². The maximum absolute atomic E-state index is 12.4. The molecule has 0 amide bonds. The summed E-state index contributed by atoms with van der Waals surface area (Å²) in [5.74, 6) is 0.0546. The molecule has 13 heavy (non-hydrogen) atoms. The molecule has 0 fully saturated rings. The molecular weight excluding hydrogens is 244 g/mol. The molecule has 0 radical (unpaired) electrons. The molecule has 4 N–H and O–H groups in total. The van der Waals surface area contributed by atoms with E-state index in [4.69, 9.17) is 11.5 Å². The molecule has 72 valence electrons. The quantitative estimate of drug-likeness (QED) is 0.843. The number of alkyl halides is 2. The summed E-state index contributed by atoms with van der Waals surface area (Å²) in [5.41, 5.74) is 10.8. The Kier molecular flexibility index (Phi) is 3.16. The molecule has 1 heterocycles. The summed E-state index contributed by atoms with van der Waals surface area (Å²) in [6.07, 6.45) is -2.58. The van der Waals surface area contributed by atoms with Crippen molar-refractivity contribution < 1.29 is 8.78 Å². The van der Waals surface area contributed by atoms with Crippen molar-refractivity contribution in [2.24, 2.45) is 5.73 Å². The van der Waals surface area contributed by atoms with E-state index >= 15 is 0 Å². The first-order valence-corrected chi connectivity index (χ1v) is 4.28. The highest BCUT2D eigenvalue weighted by Crippen LogP contribution is 2.30.